The minimum atomic E-state index is -0.829. The number of anilines is 1. The molecule has 2 rings (SSSR count). The van der Waals surface area contributed by atoms with E-state index in [0.717, 1.165) is 11.3 Å². The van der Waals surface area contributed by atoms with Gasteiger partial charge >= 0.3 is 12.0 Å². The van der Waals surface area contributed by atoms with Crippen LogP contribution in [-0.4, -0.2) is 35.1 Å². The van der Waals surface area contributed by atoms with Crippen LogP contribution < -0.4 is 5.32 Å². The van der Waals surface area contributed by atoms with Gasteiger partial charge in [0.2, 0.25) is 0 Å². The predicted octanol–water partition coefficient (Wildman–Crippen LogP) is 2.57. The summed E-state index contributed by atoms with van der Waals surface area (Å²) >= 11 is 0. The molecule has 0 aromatic heterocycles. The molecule has 1 aromatic carbocycles. The van der Waals surface area contributed by atoms with Crippen LogP contribution in [0.5, 0.6) is 0 Å². The molecule has 0 aliphatic carbocycles. The lowest BCUT2D eigenvalue weighted by Crippen LogP contribution is -2.47. The van der Waals surface area contributed by atoms with E-state index >= 15 is 0 Å². The number of hydrogen-bond donors (Lipinski definition) is 2. The molecule has 2 amide bonds. The zero-order chi connectivity index (χ0) is 14.7. The molecule has 0 bridgehead atoms. The summed E-state index contributed by atoms with van der Waals surface area (Å²) in [6, 6.07) is 7.32. The molecule has 2 N–H and O–H groups in total. The first-order chi connectivity index (χ1) is 9.45. The summed E-state index contributed by atoms with van der Waals surface area (Å²) in [4.78, 5) is 24.9. The van der Waals surface area contributed by atoms with E-state index < -0.39 is 11.9 Å². The Balaban J connectivity index is 2.03. The van der Waals surface area contributed by atoms with Gasteiger partial charge in [0.15, 0.2) is 0 Å². The Labute approximate surface area is 118 Å². The van der Waals surface area contributed by atoms with E-state index in [1.165, 1.54) is 0 Å². The fourth-order valence-corrected chi connectivity index (χ4v) is 2.62. The molecular formula is C15H20N2O3. The number of likely N-dealkylation sites (tertiary alicyclic amines) is 1. The highest BCUT2D eigenvalue weighted by atomic mass is 16.4. The fraction of sp³-hybridized carbons (Fsp3) is 0.467. The van der Waals surface area contributed by atoms with Crippen LogP contribution in [0.2, 0.25) is 0 Å². The number of amides is 2. The zero-order valence-corrected chi connectivity index (χ0v) is 11.8. The molecule has 1 aromatic rings. The van der Waals surface area contributed by atoms with Gasteiger partial charge in [0.25, 0.3) is 0 Å². The van der Waals surface area contributed by atoms with E-state index in [9.17, 15) is 9.59 Å². The van der Waals surface area contributed by atoms with Crippen molar-refractivity contribution >= 4 is 17.7 Å². The van der Waals surface area contributed by atoms with Gasteiger partial charge in [0.05, 0.1) is 5.92 Å². The first-order valence-electron chi connectivity index (χ1n) is 6.81. The lowest BCUT2D eigenvalue weighted by Gasteiger charge is -2.34. The van der Waals surface area contributed by atoms with Crippen LogP contribution in [0.25, 0.3) is 0 Å². The molecule has 0 spiro atoms. The number of carbonyl (C=O) groups excluding carboxylic acids is 1. The van der Waals surface area contributed by atoms with E-state index in [0.29, 0.717) is 13.0 Å². The maximum absolute atomic E-state index is 12.2. The molecule has 5 heteroatoms. The van der Waals surface area contributed by atoms with Gasteiger partial charge in [-0.25, -0.2) is 4.79 Å². The van der Waals surface area contributed by atoms with Crippen LogP contribution >= 0.6 is 0 Å². The van der Waals surface area contributed by atoms with Crippen molar-refractivity contribution in [1.82, 2.24) is 4.90 Å². The van der Waals surface area contributed by atoms with Crippen LogP contribution in [0.15, 0.2) is 24.3 Å². The van der Waals surface area contributed by atoms with E-state index in [4.69, 9.17) is 5.11 Å². The second-order valence-corrected chi connectivity index (χ2v) is 5.58. The molecule has 0 radical (unpaired) electrons. The standard InChI is InChI=1S/C15H20N2O3/c1-10-4-3-5-13(7-10)16-15(20)17-8-11(2)6-12(9-17)14(18)19/h3-5,7,11-12H,6,8-9H2,1-2H3,(H,16,20)(H,18,19). The number of carbonyl (C=O) groups is 2. The molecule has 2 atom stereocenters. The lowest BCUT2D eigenvalue weighted by molar-refractivity contribution is -0.143. The minimum absolute atomic E-state index is 0.202. The molecule has 1 heterocycles. The van der Waals surface area contributed by atoms with Crippen LogP contribution in [0.3, 0.4) is 0 Å². The van der Waals surface area contributed by atoms with Crippen molar-refractivity contribution < 1.29 is 14.7 Å². The van der Waals surface area contributed by atoms with Crippen LogP contribution in [0, 0.1) is 18.8 Å². The highest BCUT2D eigenvalue weighted by Gasteiger charge is 2.31. The number of piperidine rings is 1. The molecule has 5 nitrogen and oxygen atoms in total. The van der Waals surface area contributed by atoms with Crippen molar-refractivity contribution in [3.8, 4) is 0 Å². The van der Waals surface area contributed by atoms with Crippen LogP contribution in [-0.2, 0) is 4.79 Å². The quantitative estimate of drug-likeness (QED) is 0.872. The van der Waals surface area contributed by atoms with E-state index in [-0.39, 0.29) is 18.5 Å². The van der Waals surface area contributed by atoms with Crippen molar-refractivity contribution in [2.45, 2.75) is 20.3 Å². The number of aliphatic carboxylic acids is 1. The predicted molar refractivity (Wildman–Crippen MR) is 76.7 cm³/mol. The molecule has 2 unspecified atom stereocenters. The second kappa shape index (κ2) is 5.94. The average molecular weight is 276 g/mol. The minimum Gasteiger partial charge on any atom is -0.481 e. The van der Waals surface area contributed by atoms with E-state index in [2.05, 4.69) is 5.32 Å². The number of carboxylic acid groups (broad SMARTS) is 1. The largest absolute Gasteiger partial charge is 0.481 e. The summed E-state index contributed by atoms with van der Waals surface area (Å²) < 4.78 is 0. The van der Waals surface area contributed by atoms with Gasteiger partial charge in [-0.2, -0.15) is 0 Å². The number of aryl methyl sites for hydroxylation is 1. The molecule has 1 saturated heterocycles. The third-order valence-electron chi connectivity index (χ3n) is 3.57. The monoisotopic (exact) mass is 276 g/mol. The van der Waals surface area contributed by atoms with Gasteiger partial charge in [-0.1, -0.05) is 19.1 Å². The van der Waals surface area contributed by atoms with Gasteiger partial charge in [0.1, 0.15) is 0 Å². The Kier molecular flexibility index (Phi) is 4.27. The van der Waals surface area contributed by atoms with Crippen molar-refractivity contribution in [3.05, 3.63) is 29.8 Å². The van der Waals surface area contributed by atoms with Crippen molar-refractivity contribution in [1.29, 1.82) is 0 Å². The van der Waals surface area contributed by atoms with Gasteiger partial charge in [-0.15, -0.1) is 0 Å². The van der Waals surface area contributed by atoms with Crippen molar-refractivity contribution in [2.24, 2.45) is 11.8 Å². The third-order valence-corrected chi connectivity index (χ3v) is 3.57. The Morgan fingerprint density at radius 2 is 2.10 bits per heavy atom. The summed E-state index contributed by atoms with van der Waals surface area (Å²) in [6.45, 7) is 4.81. The van der Waals surface area contributed by atoms with E-state index in [1.807, 2.05) is 38.1 Å². The third kappa shape index (κ3) is 3.50. The summed E-state index contributed by atoms with van der Waals surface area (Å²) in [5.74, 6) is -1.10. The first-order valence-corrected chi connectivity index (χ1v) is 6.81. The number of benzene rings is 1. The van der Waals surface area contributed by atoms with Gasteiger partial charge in [-0.05, 0) is 37.0 Å². The molecule has 1 aliphatic heterocycles. The fourth-order valence-electron chi connectivity index (χ4n) is 2.62. The number of urea groups is 1. The van der Waals surface area contributed by atoms with Crippen LogP contribution in [0.4, 0.5) is 10.5 Å². The summed E-state index contributed by atoms with van der Waals surface area (Å²) in [5, 5.41) is 11.9. The first kappa shape index (κ1) is 14.4. The summed E-state index contributed by atoms with van der Waals surface area (Å²) in [7, 11) is 0. The maximum Gasteiger partial charge on any atom is 0.321 e. The molecule has 1 fully saturated rings. The number of hydrogen-bond acceptors (Lipinski definition) is 2. The molecule has 1 aliphatic rings. The summed E-state index contributed by atoms with van der Waals surface area (Å²) in [6.07, 6.45) is 0.629. The van der Waals surface area contributed by atoms with Crippen LogP contribution in [0.1, 0.15) is 18.9 Å². The maximum atomic E-state index is 12.2. The summed E-state index contributed by atoms with van der Waals surface area (Å²) in [5.41, 5.74) is 1.80. The lowest BCUT2D eigenvalue weighted by atomic mass is 9.91. The van der Waals surface area contributed by atoms with Gasteiger partial charge in [0, 0.05) is 18.8 Å². The number of carboxylic acids is 1. The molecular weight excluding hydrogens is 256 g/mol. The highest BCUT2D eigenvalue weighted by molar-refractivity contribution is 5.89. The number of nitrogens with zero attached hydrogens (tertiary/aromatic N) is 1. The van der Waals surface area contributed by atoms with Gasteiger partial charge in [-0.3, -0.25) is 4.79 Å². The number of rotatable bonds is 2. The molecule has 108 valence electrons. The Morgan fingerprint density at radius 1 is 1.35 bits per heavy atom. The van der Waals surface area contributed by atoms with Gasteiger partial charge < -0.3 is 15.3 Å². The highest BCUT2D eigenvalue weighted by Crippen LogP contribution is 2.22. The normalized spacial score (nSPS) is 22.4. The Hall–Kier alpha value is -2.04. The smallest absolute Gasteiger partial charge is 0.321 e. The average Bonchev–Trinajstić information content (AvgIpc) is 2.37. The Morgan fingerprint density at radius 3 is 2.75 bits per heavy atom. The van der Waals surface area contributed by atoms with E-state index in [1.54, 1.807) is 4.90 Å². The molecule has 0 saturated carbocycles. The SMILES string of the molecule is Cc1cccc(NC(=O)N2CC(C)CC(C(=O)O)C2)c1. The Bertz CT molecular complexity index is 516. The second-order valence-electron chi connectivity index (χ2n) is 5.58. The van der Waals surface area contributed by atoms with Crippen molar-refractivity contribution in [2.75, 3.05) is 18.4 Å². The molecule has 20 heavy (non-hydrogen) atoms. The zero-order valence-electron chi connectivity index (χ0n) is 11.8. The topological polar surface area (TPSA) is 69.6 Å². The number of nitrogens with one attached hydrogen (secondary N) is 1. The van der Waals surface area contributed by atoms with Crippen molar-refractivity contribution in [3.63, 3.8) is 0 Å².